The van der Waals surface area contributed by atoms with Crippen LogP contribution in [-0.2, 0) is 20.4 Å². The largest absolute Gasteiger partial charge is 1.00 e. The van der Waals surface area contributed by atoms with Crippen LogP contribution in [0.4, 0.5) is 0 Å². The minimum atomic E-state index is -3.03. The Morgan fingerprint density at radius 1 is 0.400 bits per heavy atom. The van der Waals surface area contributed by atoms with Gasteiger partial charge in [0.15, 0.2) is 0 Å². The normalized spacial score (nSPS) is 17.1. The molecule has 0 radical (unpaired) electrons. The smallest absolute Gasteiger partial charge is 1.00 e. The van der Waals surface area contributed by atoms with Crippen LogP contribution in [0.3, 0.4) is 0 Å². The van der Waals surface area contributed by atoms with Crippen molar-refractivity contribution in [1.29, 1.82) is 0 Å². The van der Waals surface area contributed by atoms with E-state index in [9.17, 15) is 0 Å². The topological polar surface area (TPSA) is 0 Å². The maximum absolute atomic E-state index is 3.03. The third kappa shape index (κ3) is 7.22. The van der Waals surface area contributed by atoms with Crippen molar-refractivity contribution >= 4 is 63.4 Å². The van der Waals surface area contributed by atoms with Crippen molar-refractivity contribution in [3.05, 3.63) is 90.4 Å². The van der Waals surface area contributed by atoms with Gasteiger partial charge in [0.25, 0.3) is 0 Å². The van der Waals surface area contributed by atoms with E-state index in [1.807, 2.05) is 0 Å². The van der Waals surface area contributed by atoms with Crippen molar-refractivity contribution < 1.29 is 57.7 Å². The summed E-state index contributed by atoms with van der Waals surface area (Å²) < 4.78 is 1.60. The summed E-state index contributed by atoms with van der Waals surface area (Å²) in [5, 5.41) is 10.3. The van der Waals surface area contributed by atoms with Crippen molar-refractivity contribution in [2.24, 2.45) is 0 Å². The Morgan fingerprint density at radius 3 is 0.800 bits per heavy atom. The fourth-order valence-electron chi connectivity index (χ4n) is 9.78. The predicted molar refractivity (Wildman–Crippen MR) is 221 cm³/mol. The second-order valence-electron chi connectivity index (χ2n) is 18.2. The summed E-state index contributed by atoms with van der Waals surface area (Å²) >= 11 is 2.52. The van der Waals surface area contributed by atoms with E-state index in [1.165, 1.54) is 44.5 Å². The first-order chi connectivity index (χ1) is 21.3. The van der Waals surface area contributed by atoms with Crippen molar-refractivity contribution in [3.8, 4) is 0 Å². The van der Waals surface area contributed by atoms with Crippen LogP contribution in [-0.4, -0.2) is 32.3 Å². The zero-order valence-corrected chi connectivity index (χ0v) is 42.4. The summed E-state index contributed by atoms with van der Waals surface area (Å²) in [6.07, 6.45) is 0. The molecule has 272 valence electrons. The summed E-state index contributed by atoms with van der Waals surface area (Å²) in [5.74, 6) is 0. The molecule has 0 nitrogen and oxygen atoms in total. The number of benzene rings is 3. The van der Waals surface area contributed by atoms with E-state index in [2.05, 4.69) is 185 Å². The fourth-order valence-corrected chi connectivity index (χ4v) is 30.3. The van der Waals surface area contributed by atoms with Gasteiger partial charge in [-0.2, -0.15) is 0 Å². The molecule has 8 heteroatoms. The Labute approximate surface area is 341 Å². The standard InChI is InChI=1S/C42H63Si4.3ClH.Ti/c1-27-20-23-30(4)39(36(27)43(11,12)13)46(42(10)26-33(7)34(8)35(42)9,40-31(5)24-21-28(2)37(40)44(14,15)16)41-32(6)25-22-29(3)38(41)45(17,18)19;;;;/h20-25H,1-19H3;3*1H;/q;;;;+3/p-3. The van der Waals surface area contributed by atoms with Gasteiger partial charge < -0.3 is 37.2 Å². The average Bonchev–Trinajstić information content (AvgIpc) is 3.08. The van der Waals surface area contributed by atoms with Gasteiger partial charge in [-0.3, -0.25) is 0 Å². The van der Waals surface area contributed by atoms with Gasteiger partial charge in [0.2, 0.25) is 0 Å². The van der Waals surface area contributed by atoms with Gasteiger partial charge in [0.1, 0.15) is 0 Å². The Hall–Kier alpha value is -0.408. The summed E-state index contributed by atoms with van der Waals surface area (Å²) in [7, 11) is -8.59. The quantitative estimate of drug-likeness (QED) is 0.225. The average molecular weight is 835 g/mol. The molecule has 1 unspecified atom stereocenters. The molecular formula is C42H63Cl3Si4Ti. The first kappa shape index (κ1) is 47.6. The zero-order valence-electron chi connectivity index (χ0n) is 34.6. The molecule has 1 atom stereocenters. The van der Waals surface area contributed by atoms with Gasteiger partial charge >= 0.3 is 307 Å². The molecular weight excluding hydrogens is 771 g/mol. The molecule has 3 aromatic carbocycles. The van der Waals surface area contributed by atoms with Crippen LogP contribution in [0.2, 0.25) is 64.0 Å². The van der Waals surface area contributed by atoms with Crippen molar-refractivity contribution in [2.75, 3.05) is 0 Å². The van der Waals surface area contributed by atoms with E-state index < -0.39 is 32.3 Å². The van der Waals surface area contributed by atoms with Gasteiger partial charge in [0.05, 0.1) is 0 Å². The van der Waals surface area contributed by atoms with Gasteiger partial charge in [-0.1, -0.05) is 0 Å². The fraction of sp³-hybridized carbons (Fsp3) is 0.476. The molecule has 50 heavy (non-hydrogen) atoms. The number of rotatable bonds is 7. The van der Waals surface area contributed by atoms with Gasteiger partial charge in [-0.25, -0.2) is 0 Å². The molecule has 1 aliphatic carbocycles. The van der Waals surface area contributed by atoms with Crippen molar-refractivity contribution in [1.82, 2.24) is 0 Å². The minimum absolute atomic E-state index is 0. The van der Waals surface area contributed by atoms with E-state index in [1.54, 1.807) is 40.6 Å². The third-order valence-corrected chi connectivity index (χ3v) is 27.0. The third-order valence-electron chi connectivity index (χ3n) is 11.7. The summed E-state index contributed by atoms with van der Waals surface area (Å²) in [5.41, 5.74) is 13.7. The molecule has 0 aliphatic heterocycles. The zero-order chi connectivity index (χ0) is 36.0. The molecule has 0 saturated heterocycles. The monoisotopic (exact) mass is 832 g/mol. The molecule has 3 aromatic rings. The summed E-state index contributed by atoms with van der Waals surface area (Å²) in [6, 6.07) is 14.9. The molecule has 0 fully saturated rings. The molecule has 1 aliphatic rings. The molecule has 0 spiro atoms. The number of halogens is 3. The number of allylic oxidation sites excluding steroid dienone is 4. The predicted octanol–water partition coefficient (Wildman–Crippen LogP) is -0.414. The Balaban J connectivity index is 0.00000417. The molecule has 0 N–H and O–H groups in total. The first-order valence-corrected chi connectivity index (χ1v) is 31.0. The van der Waals surface area contributed by atoms with Gasteiger partial charge in [-0.15, -0.1) is 0 Å². The molecule has 4 rings (SSSR count). The van der Waals surface area contributed by atoms with Gasteiger partial charge in [0, 0.05) is 0 Å². The van der Waals surface area contributed by atoms with E-state index in [-0.39, 0.29) is 42.3 Å². The van der Waals surface area contributed by atoms with Crippen LogP contribution >= 0.6 is 0 Å². The van der Waals surface area contributed by atoms with E-state index >= 15 is 0 Å². The second kappa shape index (κ2) is 15.8. The molecule has 0 bridgehead atoms. The van der Waals surface area contributed by atoms with E-state index in [4.69, 9.17) is 0 Å². The second-order valence-corrected chi connectivity index (χ2v) is 38.0. The van der Waals surface area contributed by atoms with E-state index in [0.29, 0.717) is 0 Å². The molecule has 0 aromatic heterocycles. The number of hydrogen-bond donors (Lipinski definition) is 0. The Bertz CT molecular complexity index is 1660. The Kier molecular flexibility index (Phi) is 15.0. The molecule has 0 heterocycles. The molecule has 0 amide bonds. The number of aryl methyl sites for hydroxylation is 6. The van der Waals surface area contributed by atoms with Gasteiger partial charge in [-0.05, 0) is 0 Å². The van der Waals surface area contributed by atoms with Crippen LogP contribution in [0, 0.1) is 41.5 Å². The maximum atomic E-state index is 2.73. The minimum Gasteiger partial charge on any atom is -1.00 e. The maximum Gasteiger partial charge on any atom is -1.00 e. The first-order valence-electron chi connectivity index (χ1n) is 17.7. The van der Waals surface area contributed by atoms with E-state index in [0.717, 1.165) is 0 Å². The van der Waals surface area contributed by atoms with Crippen molar-refractivity contribution in [3.63, 3.8) is 0 Å². The van der Waals surface area contributed by atoms with Crippen LogP contribution in [0.1, 0.15) is 61.1 Å². The SMILES string of the molecule is CC1=C(C)C(C)([Si](c2c(C)ccc(C)c2[Si](C)(C)C)(c2c(C)ccc(C)c2[Si](C)(C)C)c2c(C)ccc(C)c2[Si](C)(C)C)[C]([Ti+3])=C1C.[Cl-].[Cl-].[Cl-]. The van der Waals surface area contributed by atoms with Crippen LogP contribution in [0.25, 0.3) is 0 Å². The number of hydrogen-bond acceptors (Lipinski definition) is 0. The molecule has 0 saturated carbocycles. The van der Waals surface area contributed by atoms with Crippen LogP contribution in [0.15, 0.2) is 57.0 Å². The summed E-state index contributed by atoms with van der Waals surface area (Å²) in [6.45, 7) is 48.3. The summed E-state index contributed by atoms with van der Waals surface area (Å²) in [4.78, 5) is 0. The van der Waals surface area contributed by atoms with Crippen molar-refractivity contribution in [2.45, 2.75) is 133 Å². The Morgan fingerprint density at radius 2 is 0.620 bits per heavy atom. The van der Waals surface area contributed by atoms with Crippen LogP contribution in [0.5, 0.6) is 0 Å². The van der Waals surface area contributed by atoms with Crippen LogP contribution < -0.4 is 68.3 Å².